The van der Waals surface area contributed by atoms with E-state index in [1.807, 2.05) is 35.2 Å². The Kier molecular flexibility index (Phi) is 5.30. The highest BCUT2D eigenvalue weighted by Crippen LogP contribution is 2.55. The summed E-state index contributed by atoms with van der Waals surface area (Å²) in [6.07, 6.45) is 5.80. The Balaban J connectivity index is 1.27. The van der Waals surface area contributed by atoms with Crippen LogP contribution in [0.2, 0.25) is 5.02 Å². The number of hydrogen-bond acceptors (Lipinski definition) is 5. The molecule has 7 nitrogen and oxygen atoms in total. The largest absolute Gasteiger partial charge is 0.464 e. The standard InChI is InChI=1S/C26H23ClN4O3S/c1-2-23(32)30-10-9-26(15-30)13-17(14-26)31-19-12-16(27)5-6-18(19)28-25(31)29-24(33)22-8-7-21(35-22)20-4-3-11-34-20/h2-8,11-12,17H,1,9-10,13-15H2,(H,28,29,33). The molecule has 0 bridgehead atoms. The Labute approximate surface area is 211 Å². The Bertz CT molecular complexity index is 1450. The molecule has 4 heterocycles. The normalized spacial score (nSPS) is 21.4. The molecule has 1 aromatic carbocycles. The topological polar surface area (TPSA) is 80.4 Å². The van der Waals surface area contributed by atoms with E-state index in [0.29, 0.717) is 15.8 Å². The molecule has 1 saturated heterocycles. The van der Waals surface area contributed by atoms with Gasteiger partial charge in [0.1, 0.15) is 5.76 Å². The van der Waals surface area contributed by atoms with Crippen LogP contribution in [-0.4, -0.2) is 39.4 Å². The number of furan rings is 1. The van der Waals surface area contributed by atoms with Gasteiger partial charge in [0.05, 0.1) is 27.1 Å². The average molecular weight is 507 g/mol. The third-order valence-corrected chi connectivity index (χ3v) is 8.43. The fourth-order valence-corrected chi connectivity index (χ4v) is 6.44. The highest BCUT2D eigenvalue weighted by atomic mass is 35.5. The summed E-state index contributed by atoms with van der Waals surface area (Å²) in [5.41, 5.74) is 1.78. The molecule has 0 radical (unpaired) electrons. The van der Waals surface area contributed by atoms with Crippen LogP contribution in [0.15, 0.2) is 65.8 Å². The van der Waals surface area contributed by atoms with Crippen LogP contribution in [0.1, 0.15) is 35.0 Å². The number of thiophene rings is 1. The van der Waals surface area contributed by atoms with Gasteiger partial charge in [-0.05, 0) is 73.2 Å². The molecule has 1 aliphatic carbocycles. The molecule has 1 N–H and O–H groups in total. The second-order valence-corrected chi connectivity index (χ2v) is 10.8. The molecule has 9 heteroatoms. The summed E-state index contributed by atoms with van der Waals surface area (Å²) in [7, 11) is 0. The molecule has 2 fully saturated rings. The van der Waals surface area contributed by atoms with E-state index in [1.165, 1.54) is 17.4 Å². The van der Waals surface area contributed by atoms with Crippen molar-refractivity contribution in [1.82, 2.24) is 14.5 Å². The summed E-state index contributed by atoms with van der Waals surface area (Å²) >= 11 is 7.69. The van der Waals surface area contributed by atoms with E-state index < -0.39 is 0 Å². The summed E-state index contributed by atoms with van der Waals surface area (Å²) < 4.78 is 7.55. The summed E-state index contributed by atoms with van der Waals surface area (Å²) in [6.45, 7) is 5.12. The van der Waals surface area contributed by atoms with Crippen molar-refractivity contribution in [2.75, 3.05) is 18.4 Å². The molecular weight excluding hydrogens is 484 g/mol. The number of carbonyl (C=O) groups excluding carboxylic acids is 2. The first-order valence-electron chi connectivity index (χ1n) is 11.5. The quantitative estimate of drug-likeness (QED) is 0.336. The number of amides is 2. The number of halogens is 1. The first-order valence-corrected chi connectivity index (χ1v) is 12.7. The van der Waals surface area contributed by atoms with Crippen molar-refractivity contribution in [1.29, 1.82) is 0 Å². The van der Waals surface area contributed by atoms with Crippen molar-refractivity contribution in [2.45, 2.75) is 25.3 Å². The van der Waals surface area contributed by atoms with Gasteiger partial charge >= 0.3 is 0 Å². The van der Waals surface area contributed by atoms with Crippen molar-refractivity contribution in [3.8, 4) is 10.6 Å². The fourth-order valence-electron chi connectivity index (χ4n) is 5.41. The zero-order chi connectivity index (χ0) is 24.2. The molecule has 0 unspecified atom stereocenters. The minimum atomic E-state index is -0.215. The lowest BCUT2D eigenvalue weighted by molar-refractivity contribution is -0.125. The van der Waals surface area contributed by atoms with Gasteiger partial charge in [-0.15, -0.1) is 11.3 Å². The molecule has 3 aromatic heterocycles. The van der Waals surface area contributed by atoms with Gasteiger partial charge in [-0.25, -0.2) is 4.98 Å². The van der Waals surface area contributed by atoms with E-state index in [2.05, 4.69) is 16.5 Å². The number of likely N-dealkylation sites (tertiary alicyclic amines) is 1. The van der Waals surface area contributed by atoms with Gasteiger partial charge in [-0.3, -0.25) is 14.9 Å². The van der Waals surface area contributed by atoms with Crippen molar-refractivity contribution in [3.05, 3.63) is 71.3 Å². The van der Waals surface area contributed by atoms with Gasteiger partial charge in [-0.2, -0.15) is 0 Å². The van der Waals surface area contributed by atoms with Crippen molar-refractivity contribution in [3.63, 3.8) is 0 Å². The summed E-state index contributed by atoms with van der Waals surface area (Å²) in [6, 6.07) is 13.1. The van der Waals surface area contributed by atoms with Crippen molar-refractivity contribution in [2.24, 2.45) is 5.41 Å². The third-order valence-electron chi connectivity index (χ3n) is 7.10. The molecule has 35 heavy (non-hydrogen) atoms. The molecule has 2 amide bonds. The maximum Gasteiger partial charge on any atom is 0.268 e. The monoisotopic (exact) mass is 506 g/mol. The number of benzene rings is 1. The number of carbonyl (C=O) groups is 2. The predicted octanol–water partition coefficient (Wildman–Crippen LogP) is 6.00. The summed E-state index contributed by atoms with van der Waals surface area (Å²) in [4.78, 5) is 33.3. The Morgan fingerprint density at radius 2 is 2.11 bits per heavy atom. The minimum absolute atomic E-state index is 0.0111. The number of hydrogen-bond donors (Lipinski definition) is 1. The van der Waals surface area contributed by atoms with E-state index in [-0.39, 0.29) is 23.3 Å². The van der Waals surface area contributed by atoms with Gasteiger partial charge in [0.15, 0.2) is 0 Å². The van der Waals surface area contributed by atoms with Crippen LogP contribution in [-0.2, 0) is 4.79 Å². The lowest BCUT2D eigenvalue weighted by atomic mass is 9.65. The first-order chi connectivity index (χ1) is 16.9. The van der Waals surface area contributed by atoms with Crippen LogP contribution in [0.3, 0.4) is 0 Å². The van der Waals surface area contributed by atoms with Gasteiger partial charge in [0.2, 0.25) is 11.9 Å². The smallest absolute Gasteiger partial charge is 0.268 e. The Hall–Kier alpha value is -3.36. The highest BCUT2D eigenvalue weighted by molar-refractivity contribution is 7.17. The molecule has 178 valence electrons. The maximum absolute atomic E-state index is 13.2. The minimum Gasteiger partial charge on any atom is -0.464 e. The fraction of sp³-hybridized carbons (Fsp3) is 0.269. The molecule has 1 spiro atoms. The molecule has 6 rings (SSSR count). The van der Waals surface area contributed by atoms with Crippen LogP contribution < -0.4 is 5.32 Å². The second kappa shape index (κ2) is 8.39. The maximum atomic E-state index is 13.2. The van der Waals surface area contributed by atoms with Crippen LogP contribution in [0.4, 0.5) is 5.95 Å². The van der Waals surface area contributed by atoms with Crippen LogP contribution in [0.25, 0.3) is 21.7 Å². The molecular formula is C26H23ClN4O3S. The van der Waals surface area contributed by atoms with Gasteiger partial charge < -0.3 is 13.9 Å². The number of aromatic nitrogens is 2. The van der Waals surface area contributed by atoms with Crippen LogP contribution in [0.5, 0.6) is 0 Å². The van der Waals surface area contributed by atoms with Crippen molar-refractivity contribution >= 4 is 51.7 Å². The average Bonchev–Trinajstić information content (AvgIpc) is 3.62. The van der Waals surface area contributed by atoms with Gasteiger partial charge in [0.25, 0.3) is 5.91 Å². The number of fused-ring (bicyclic) bond motifs is 1. The van der Waals surface area contributed by atoms with Gasteiger partial charge in [-0.1, -0.05) is 18.2 Å². The predicted molar refractivity (Wildman–Crippen MR) is 137 cm³/mol. The van der Waals surface area contributed by atoms with Crippen LogP contribution in [0, 0.1) is 5.41 Å². The highest BCUT2D eigenvalue weighted by Gasteiger charge is 2.50. The number of imidazole rings is 1. The van der Waals surface area contributed by atoms with E-state index in [4.69, 9.17) is 21.0 Å². The Morgan fingerprint density at radius 1 is 1.26 bits per heavy atom. The molecule has 1 aliphatic heterocycles. The zero-order valence-corrected chi connectivity index (χ0v) is 20.4. The zero-order valence-electron chi connectivity index (χ0n) is 18.9. The van der Waals surface area contributed by atoms with Gasteiger partial charge in [0, 0.05) is 24.2 Å². The number of anilines is 1. The lowest BCUT2D eigenvalue weighted by Gasteiger charge is -2.46. The summed E-state index contributed by atoms with van der Waals surface area (Å²) in [5.74, 6) is 1.02. The summed E-state index contributed by atoms with van der Waals surface area (Å²) in [5, 5.41) is 3.65. The molecule has 4 aromatic rings. The van der Waals surface area contributed by atoms with E-state index in [9.17, 15) is 9.59 Å². The lowest BCUT2D eigenvalue weighted by Crippen LogP contribution is -2.42. The third kappa shape index (κ3) is 3.86. The first kappa shape index (κ1) is 22.1. The second-order valence-electron chi connectivity index (χ2n) is 9.31. The van der Waals surface area contributed by atoms with Crippen LogP contribution >= 0.6 is 22.9 Å². The number of nitrogens with zero attached hydrogens (tertiary/aromatic N) is 3. The van der Waals surface area contributed by atoms with Crippen molar-refractivity contribution < 1.29 is 14.0 Å². The number of rotatable bonds is 5. The SMILES string of the molecule is C=CC(=O)N1CCC2(CC(n3c(NC(=O)c4ccc(-c5ccco5)s4)nc4ccc(Cl)cc43)C2)C1. The molecule has 1 saturated carbocycles. The molecule has 0 atom stereocenters. The number of nitrogens with one attached hydrogen (secondary N) is 1. The van der Waals surface area contributed by atoms with E-state index in [0.717, 1.165) is 54.0 Å². The molecule has 2 aliphatic rings. The van der Waals surface area contributed by atoms with E-state index >= 15 is 0 Å². The Morgan fingerprint density at radius 3 is 2.89 bits per heavy atom. The van der Waals surface area contributed by atoms with E-state index in [1.54, 1.807) is 18.4 Å².